The molecule has 2 heterocycles. The zero-order valence-electron chi connectivity index (χ0n) is 15.0. The predicted octanol–water partition coefficient (Wildman–Crippen LogP) is 2.34. The molecule has 1 aromatic carbocycles. The highest BCUT2D eigenvalue weighted by Crippen LogP contribution is 2.28. The molecule has 142 valence electrons. The number of benzene rings is 1. The topological polar surface area (TPSA) is 98.1 Å². The summed E-state index contributed by atoms with van der Waals surface area (Å²) in [6.07, 6.45) is 1.89. The van der Waals surface area contributed by atoms with Crippen molar-refractivity contribution in [3.8, 4) is 0 Å². The van der Waals surface area contributed by atoms with Crippen LogP contribution in [0.3, 0.4) is 0 Å². The van der Waals surface area contributed by atoms with E-state index in [4.69, 9.17) is 0 Å². The average molecular weight is 398 g/mol. The van der Waals surface area contributed by atoms with Crippen molar-refractivity contribution in [3.05, 3.63) is 42.1 Å². The molecule has 1 fully saturated rings. The number of aromatic nitrogens is 2. The maximum Gasteiger partial charge on any atom is 0.263 e. The van der Waals surface area contributed by atoms with Gasteiger partial charge in [-0.1, -0.05) is 32.9 Å². The normalized spacial score (nSPS) is 20.2. The third kappa shape index (κ3) is 3.93. The van der Waals surface area contributed by atoms with E-state index < -0.39 is 19.9 Å². The maximum absolute atomic E-state index is 12.7. The van der Waals surface area contributed by atoms with Crippen LogP contribution in [-0.2, 0) is 25.3 Å². The Balaban J connectivity index is 1.84. The lowest BCUT2D eigenvalue weighted by Crippen LogP contribution is -2.20. The Morgan fingerprint density at radius 3 is 2.35 bits per heavy atom. The zero-order valence-corrected chi connectivity index (χ0v) is 16.6. The second kappa shape index (κ2) is 6.38. The van der Waals surface area contributed by atoms with Gasteiger partial charge in [0.25, 0.3) is 10.0 Å². The molecule has 0 saturated carbocycles. The summed E-state index contributed by atoms with van der Waals surface area (Å²) in [5, 5.41) is 4.11. The van der Waals surface area contributed by atoms with Crippen LogP contribution in [0.1, 0.15) is 38.8 Å². The first-order valence-electron chi connectivity index (χ1n) is 8.35. The van der Waals surface area contributed by atoms with Gasteiger partial charge in [-0.3, -0.25) is 4.72 Å². The van der Waals surface area contributed by atoms with Crippen LogP contribution in [-0.4, -0.2) is 38.1 Å². The average Bonchev–Trinajstić information content (AvgIpc) is 3.12. The molecule has 0 aliphatic carbocycles. The molecule has 1 N–H and O–H groups in total. The number of sulfone groups is 1. The molecule has 9 heteroatoms. The van der Waals surface area contributed by atoms with Crippen molar-refractivity contribution >= 4 is 25.7 Å². The first kappa shape index (κ1) is 18.9. The number of nitrogens with zero attached hydrogens (tertiary/aromatic N) is 2. The summed E-state index contributed by atoms with van der Waals surface area (Å²) in [5.41, 5.74) is 0.972. The van der Waals surface area contributed by atoms with E-state index in [0.717, 1.165) is 5.56 Å². The molecule has 0 bridgehead atoms. The minimum absolute atomic E-state index is 0.0241. The molecule has 0 spiro atoms. The van der Waals surface area contributed by atoms with E-state index in [1.807, 2.05) is 0 Å². The molecule has 7 nitrogen and oxygen atoms in total. The first-order valence-corrected chi connectivity index (χ1v) is 11.7. The van der Waals surface area contributed by atoms with E-state index in [9.17, 15) is 16.8 Å². The van der Waals surface area contributed by atoms with Gasteiger partial charge in [-0.15, -0.1) is 0 Å². The molecular weight excluding hydrogens is 374 g/mol. The van der Waals surface area contributed by atoms with Crippen molar-refractivity contribution in [1.29, 1.82) is 0 Å². The van der Waals surface area contributed by atoms with E-state index in [-0.39, 0.29) is 33.7 Å². The Morgan fingerprint density at radius 2 is 1.81 bits per heavy atom. The van der Waals surface area contributed by atoms with Crippen molar-refractivity contribution in [2.45, 2.75) is 43.5 Å². The lowest BCUT2D eigenvalue weighted by molar-refractivity contribution is 0.506. The largest absolute Gasteiger partial charge is 0.264 e. The van der Waals surface area contributed by atoms with Crippen molar-refractivity contribution in [2.75, 3.05) is 16.2 Å². The van der Waals surface area contributed by atoms with Gasteiger partial charge >= 0.3 is 0 Å². The van der Waals surface area contributed by atoms with Gasteiger partial charge in [0.1, 0.15) is 5.82 Å². The quantitative estimate of drug-likeness (QED) is 0.854. The Morgan fingerprint density at radius 1 is 1.15 bits per heavy atom. The fraction of sp³-hybridized carbons (Fsp3) is 0.471. The minimum atomic E-state index is -3.79. The van der Waals surface area contributed by atoms with Gasteiger partial charge in [0.2, 0.25) is 0 Å². The summed E-state index contributed by atoms with van der Waals surface area (Å²) in [5.74, 6) is 0.341. The van der Waals surface area contributed by atoms with E-state index in [0.29, 0.717) is 6.42 Å². The van der Waals surface area contributed by atoms with Crippen LogP contribution in [0.25, 0.3) is 0 Å². The van der Waals surface area contributed by atoms with E-state index >= 15 is 0 Å². The van der Waals surface area contributed by atoms with Crippen molar-refractivity contribution in [1.82, 2.24) is 9.78 Å². The van der Waals surface area contributed by atoms with Crippen molar-refractivity contribution < 1.29 is 16.8 Å². The third-order valence-electron chi connectivity index (χ3n) is 4.49. The molecule has 1 unspecified atom stereocenters. The fourth-order valence-electron chi connectivity index (χ4n) is 2.99. The second-order valence-corrected chi connectivity index (χ2v) is 11.5. The number of hydrogen-bond donors (Lipinski definition) is 1. The van der Waals surface area contributed by atoms with Crippen LogP contribution < -0.4 is 4.72 Å². The van der Waals surface area contributed by atoms with Crippen molar-refractivity contribution in [2.24, 2.45) is 0 Å². The number of rotatable bonds is 4. The highest BCUT2D eigenvalue weighted by atomic mass is 32.2. The van der Waals surface area contributed by atoms with Gasteiger partial charge in [0.15, 0.2) is 9.84 Å². The van der Waals surface area contributed by atoms with Crippen LogP contribution in [0, 0.1) is 0 Å². The van der Waals surface area contributed by atoms with Gasteiger partial charge in [0.05, 0.1) is 28.6 Å². The molecular formula is C17H23N3O4S2. The summed E-state index contributed by atoms with van der Waals surface area (Å²) < 4.78 is 52.7. The second-order valence-electron chi connectivity index (χ2n) is 7.60. The molecule has 0 amide bonds. The zero-order chi connectivity index (χ0) is 19.2. The fourth-order valence-corrected chi connectivity index (χ4v) is 5.73. The Bertz CT molecular complexity index is 1000. The summed E-state index contributed by atoms with van der Waals surface area (Å²) >= 11 is 0. The Labute approximate surface area is 154 Å². The maximum atomic E-state index is 12.7. The van der Waals surface area contributed by atoms with E-state index in [1.165, 1.54) is 16.9 Å². The molecule has 0 radical (unpaired) electrons. The Hall–Kier alpha value is -1.87. The SMILES string of the molecule is CC(C)(C)c1ccc(S(=O)(=O)Nc2ccnn2C2CCS(=O)(=O)C2)cc1. The van der Waals surface area contributed by atoms with E-state index in [2.05, 4.69) is 30.6 Å². The smallest absolute Gasteiger partial charge is 0.263 e. The number of sulfonamides is 1. The first-order chi connectivity index (χ1) is 12.0. The molecule has 1 atom stereocenters. The van der Waals surface area contributed by atoms with Gasteiger partial charge in [-0.05, 0) is 29.5 Å². The highest BCUT2D eigenvalue weighted by molar-refractivity contribution is 7.92. The van der Waals surface area contributed by atoms with Crippen LogP contribution in [0.5, 0.6) is 0 Å². The number of nitrogens with one attached hydrogen (secondary N) is 1. The van der Waals surface area contributed by atoms with Crippen LogP contribution in [0.15, 0.2) is 41.4 Å². The number of hydrogen-bond acceptors (Lipinski definition) is 5. The third-order valence-corrected chi connectivity index (χ3v) is 7.62. The van der Waals surface area contributed by atoms with Gasteiger partial charge in [0, 0.05) is 6.07 Å². The molecule has 1 aliphatic heterocycles. The van der Waals surface area contributed by atoms with Crippen molar-refractivity contribution in [3.63, 3.8) is 0 Å². The van der Waals surface area contributed by atoms with Crippen LogP contribution >= 0.6 is 0 Å². The van der Waals surface area contributed by atoms with E-state index in [1.54, 1.807) is 24.3 Å². The van der Waals surface area contributed by atoms with Gasteiger partial charge in [-0.25, -0.2) is 21.5 Å². The summed E-state index contributed by atoms with van der Waals surface area (Å²) in [6.45, 7) is 6.18. The standard InChI is InChI=1S/C17H23N3O4S2/c1-17(2,3)13-4-6-15(7-5-13)26(23,24)19-16-8-10-18-20(16)14-9-11-25(21,22)12-14/h4-8,10,14,19H,9,11-12H2,1-3H3. The molecule has 26 heavy (non-hydrogen) atoms. The predicted molar refractivity (Wildman–Crippen MR) is 100 cm³/mol. The van der Waals surface area contributed by atoms with Crippen LogP contribution in [0.2, 0.25) is 0 Å². The molecule has 3 rings (SSSR count). The molecule has 2 aromatic rings. The summed E-state index contributed by atoms with van der Waals surface area (Å²) in [6, 6.07) is 7.93. The molecule has 1 aromatic heterocycles. The Kier molecular flexibility index (Phi) is 4.64. The monoisotopic (exact) mass is 397 g/mol. The van der Waals surface area contributed by atoms with Crippen LogP contribution in [0.4, 0.5) is 5.82 Å². The van der Waals surface area contributed by atoms with Gasteiger partial charge < -0.3 is 0 Å². The summed E-state index contributed by atoms with van der Waals surface area (Å²) in [4.78, 5) is 0.150. The lowest BCUT2D eigenvalue weighted by atomic mass is 9.87. The molecule has 1 aliphatic rings. The number of anilines is 1. The lowest BCUT2D eigenvalue weighted by Gasteiger charge is -2.19. The summed E-state index contributed by atoms with van der Waals surface area (Å²) in [7, 11) is -6.88. The van der Waals surface area contributed by atoms with Gasteiger partial charge in [-0.2, -0.15) is 5.10 Å². The molecule has 1 saturated heterocycles. The minimum Gasteiger partial charge on any atom is -0.264 e. The highest BCUT2D eigenvalue weighted by Gasteiger charge is 2.31.